The molecule has 0 aliphatic carbocycles. The van der Waals surface area contributed by atoms with Crippen LogP contribution in [0.3, 0.4) is 0 Å². The number of alkyl halides is 1. The lowest BCUT2D eigenvalue weighted by molar-refractivity contribution is 0.183. The van der Waals surface area contributed by atoms with Gasteiger partial charge in [-0.3, -0.25) is 0 Å². The van der Waals surface area contributed by atoms with E-state index in [4.69, 9.17) is 16.3 Å². The second-order valence-electron chi connectivity index (χ2n) is 2.82. The molecule has 1 atom stereocenters. The van der Waals surface area contributed by atoms with Crippen LogP contribution in [-0.2, 0) is 10.6 Å². The number of nitrogens with zero attached hydrogens (tertiary/aromatic N) is 3. The van der Waals surface area contributed by atoms with E-state index in [0.29, 0.717) is 11.9 Å². The maximum absolute atomic E-state index is 5.71. The van der Waals surface area contributed by atoms with E-state index in [-0.39, 0.29) is 0 Å². The maximum Gasteiger partial charge on any atom is 0.0795 e. The average Bonchev–Trinajstić information content (AvgIpc) is 2.74. The molecule has 1 fully saturated rings. The number of halogens is 1. The lowest BCUT2D eigenvalue weighted by atomic mass is 10.2. The number of aromatic nitrogens is 3. The average molecular weight is 188 g/mol. The minimum Gasteiger partial charge on any atom is -0.379 e. The van der Waals surface area contributed by atoms with Crippen molar-refractivity contribution in [3.05, 3.63) is 11.9 Å². The molecular formula is C7H10ClN3O. The first kappa shape index (κ1) is 8.01. The van der Waals surface area contributed by atoms with E-state index in [1.54, 1.807) is 6.20 Å². The summed E-state index contributed by atoms with van der Waals surface area (Å²) in [6.07, 6.45) is 2.71. The van der Waals surface area contributed by atoms with Crippen molar-refractivity contribution in [2.24, 2.45) is 0 Å². The Bertz CT molecular complexity index is 257. The summed E-state index contributed by atoms with van der Waals surface area (Å²) in [4.78, 5) is 0. The molecule has 1 unspecified atom stereocenters. The second kappa shape index (κ2) is 3.41. The van der Waals surface area contributed by atoms with Gasteiger partial charge < -0.3 is 4.74 Å². The van der Waals surface area contributed by atoms with E-state index >= 15 is 0 Å². The van der Waals surface area contributed by atoms with E-state index in [9.17, 15) is 0 Å². The van der Waals surface area contributed by atoms with Crippen molar-refractivity contribution in [3.63, 3.8) is 0 Å². The molecule has 0 aromatic carbocycles. The van der Waals surface area contributed by atoms with E-state index < -0.39 is 0 Å². The molecule has 2 rings (SSSR count). The van der Waals surface area contributed by atoms with Crippen LogP contribution < -0.4 is 0 Å². The largest absolute Gasteiger partial charge is 0.379 e. The molecule has 1 aromatic heterocycles. The van der Waals surface area contributed by atoms with Crippen molar-refractivity contribution in [2.45, 2.75) is 18.3 Å². The highest BCUT2D eigenvalue weighted by Gasteiger charge is 2.20. The van der Waals surface area contributed by atoms with Crippen molar-refractivity contribution in [1.29, 1.82) is 0 Å². The van der Waals surface area contributed by atoms with Gasteiger partial charge in [-0.25, -0.2) is 4.68 Å². The standard InChI is InChI=1S/C7H10ClN3O/c8-3-7-4-9-10-11(7)6-1-2-12-5-6/h4,6H,1-3,5H2. The molecule has 5 heteroatoms. The quantitative estimate of drug-likeness (QED) is 0.648. The summed E-state index contributed by atoms with van der Waals surface area (Å²) in [5.41, 5.74) is 0.965. The topological polar surface area (TPSA) is 39.9 Å². The Labute approximate surface area is 75.5 Å². The van der Waals surface area contributed by atoms with E-state index in [0.717, 1.165) is 25.3 Å². The summed E-state index contributed by atoms with van der Waals surface area (Å²) in [7, 11) is 0. The molecule has 1 aliphatic rings. The highest BCUT2D eigenvalue weighted by molar-refractivity contribution is 6.16. The molecule has 4 nitrogen and oxygen atoms in total. The summed E-state index contributed by atoms with van der Waals surface area (Å²) in [5, 5.41) is 7.78. The molecular weight excluding hydrogens is 178 g/mol. The number of hydrogen-bond donors (Lipinski definition) is 0. The second-order valence-corrected chi connectivity index (χ2v) is 3.09. The summed E-state index contributed by atoms with van der Waals surface area (Å²) in [6, 6.07) is 0.334. The van der Waals surface area contributed by atoms with Crippen molar-refractivity contribution < 1.29 is 4.74 Å². The molecule has 66 valence electrons. The van der Waals surface area contributed by atoms with Gasteiger partial charge in [0.1, 0.15) is 0 Å². The zero-order chi connectivity index (χ0) is 8.39. The zero-order valence-electron chi connectivity index (χ0n) is 6.61. The Morgan fingerprint density at radius 1 is 1.75 bits per heavy atom. The van der Waals surface area contributed by atoms with Crippen LogP contribution in [0.15, 0.2) is 6.20 Å². The lowest BCUT2D eigenvalue weighted by Crippen LogP contribution is -2.12. The zero-order valence-corrected chi connectivity index (χ0v) is 7.37. The monoisotopic (exact) mass is 187 g/mol. The first-order valence-electron chi connectivity index (χ1n) is 3.94. The normalized spacial score (nSPS) is 23.2. The van der Waals surface area contributed by atoms with Crippen LogP contribution >= 0.6 is 11.6 Å². The summed E-state index contributed by atoms with van der Waals surface area (Å²) in [6.45, 7) is 1.54. The van der Waals surface area contributed by atoms with Crippen LogP contribution in [0.5, 0.6) is 0 Å². The molecule has 0 radical (unpaired) electrons. The molecule has 0 bridgehead atoms. The van der Waals surface area contributed by atoms with Crippen molar-refractivity contribution >= 4 is 11.6 Å². The Hall–Kier alpha value is -0.610. The first-order chi connectivity index (χ1) is 5.92. The van der Waals surface area contributed by atoms with Crippen LogP contribution in [0, 0.1) is 0 Å². The van der Waals surface area contributed by atoms with Gasteiger partial charge in [-0.2, -0.15) is 0 Å². The van der Waals surface area contributed by atoms with Gasteiger partial charge in [0, 0.05) is 6.61 Å². The van der Waals surface area contributed by atoms with Crippen LogP contribution in [0.2, 0.25) is 0 Å². The maximum atomic E-state index is 5.71. The first-order valence-corrected chi connectivity index (χ1v) is 4.48. The molecule has 0 spiro atoms. The van der Waals surface area contributed by atoms with Gasteiger partial charge in [-0.05, 0) is 6.42 Å². The molecule has 0 amide bonds. The third kappa shape index (κ3) is 1.32. The number of ether oxygens (including phenoxy) is 1. The summed E-state index contributed by atoms with van der Waals surface area (Å²) >= 11 is 5.71. The van der Waals surface area contributed by atoms with E-state index in [1.807, 2.05) is 4.68 Å². The third-order valence-corrected chi connectivity index (χ3v) is 2.31. The fourth-order valence-corrected chi connectivity index (χ4v) is 1.57. The van der Waals surface area contributed by atoms with Crippen LogP contribution in [0.4, 0.5) is 0 Å². The molecule has 2 heterocycles. The fourth-order valence-electron chi connectivity index (χ4n) is 1.38. The fraction of sp³-hybridized carbons (Fsp3) is 0.714. The minimum atomic E-state index is 0.334. The van der Waals surface area contributed by atoms with E-state index in [2.05, 4.69) is 10.3 Å². The smallest absolute Gasteiger partial charge is 0.0795 e. The molecule has 1 aliphatic heterocycles. The van der Waals surface area contributed by atoms with Crippen LogP contribution in [-0.4, -0.2) is 28.2 Å². The molecule has 0 N–H and O–H groups in total. The molecule has 1 saturated heterocycles. The Kier molecular flexibility index (Phi) is 2.28. The van der Waals surface area contributed by atoms with Gasteiger partial charge in [-0.1, -0.05) is 5.21 Å². The molecule has 0 saturated carbocycles. The van der Waals surface area contributed by atoms with Gasteiger partial charge in [0.25, 0.3) is 0 Å². The molecule has 1 aromatic rings. The third-order valence-electron chi connectivity index (χ3n) is 2.04. The Morgan fingerprint density at radius 2 is 2.67 bits per heavy atom. The summed E-state index contributed by atoms with van der Waals surface area (Å²) < 4.78 is 7.11. The van der Waals surface area contributed by atoms with Gasteiger partial charge in [0.05, 0.1) is 30.4 Å². The van der Waals surface area contributed by atoms with Gasteiger partial charge in [-0.15, -0.1) is 16.7 Å². The van der Waals surface area contributed by atoms with Crippen LogP contribution in [0.25, 0.3) is 0 Å². The van der Waals surface area contributed by atoms with Gasteiger partial charge >= 0.3 is 0 Å². The highest BCUT2D eigenvalue weighted by Crippen LogP contribution is 2.19. The number of rotatable bonds is 2. The van der Waals surface area contributed by atoms with Crippen molar-refractivity contribution in [1.82, 2.24) is 15.0 Å². The predicted molar refractivity (Wildman–Crippen MR) is 44.1 cm³/mol. The summed E-state index contributed by atoms with van der Waals surface area (Å²) in [5.74, 6) is 0.462. The Balaban J connectivity index is 2.19. The van der Waals surface area contributed by atoms with Crippen LogP contribution in [0.1, 0.15) is 18.2 Å². The van der Waals surface area contributed by atoms with Crippen molar-refractivity contribution in [2.75, 3.05) is 13.2 Å². The number of hydrogen-bond acceptors (Lipinski definition) is 3. The SMILES string of the molecule is ClCc1cnnn1C1CCOC1. The molecule has 12 heavy (non-hydrogen) atoms. The predicted octanol–water partition coefficient (Wildman–Crippen LogP) is 0.978. The van der Waals surface area contributed by atoms with Gasteiger partial charge in [0.15, 0.2) is 0 Å². The minimum absolute atomic E-state index is 0.334. The van der Waals surface area contributed by atoms with Crippen molar-refractivity contribution in [3.8, 4) is 0 Å². The van der Waals surface area contributed by atoms with Gasteiger partial charge in [0.2, 0.25) is 0 Å². The van der Waals surface area contributed by atoms with E-state index in [1.165, 1.54) is 0 Å². The Morgan fingerprint density at radius 3 is 3.33 bits per heavy atom. The lowest BCUT2D eigenvalue weighted by Gasteiger charge is -2.09. The highest BCUT2D eigenvalue weighted by atomic mass is 35.5.